The van der Waals surface area contributed by atoms with Crippen molar-refractivity contribution >= 4 is 56.2 Å². The number of carbonyl (C=O) groups is 1. The van der Waals surface area contributed by atoms with Crippen molar-refractivity contribution in [2.75, 3.05) is 4.90 Å². The molecule has 0 saturated carbocycles. The number of aliphatic imine (C=N–C) groups is 1. The lowest BCUT2D eigenvalue weighted by atomic mass is 10.2. The van der Waals surface area contributed by atoms with E-state index in [1.165, 1.54) is 23.9 Å². The highest BCUT2D eigenvalue weighted by Crippen LogP contribution is 2.38. The Balaban J connectivity index is 1.41. The lowest BCUT2D eigenvalue weighted by Gasteiger charge is -2.16. The molecule has 0 radical (unpaired) electrons. The highest BCUT2D eigenvalue weighted by molar-refractivity contribution is 9.10. The summed E-state index contributed by atoms with van der Waals surface area (Å²) in [6.07, 6.45) is 1.85. The monoisotopic (exact) mass is 586 g/mol. The minimum absolute atomic E-state index is 0.132. The Kier molecular flexibility index (Phi) is 7.77. The first-order valence-corrected chi connectivity index (χ1v) is 13.6. The standard InChI is InChI=1S/C31H24BrFN2O2S/c1-20-6-11-25(12-7-20)34-31-35(26-13-8-21(2)9-14-26)30(36)29(38-31)18-22-10-15-28(27(32)17-22)37-19-23-4-3-5-24(33)16-23/h3-18H,19H2,1-2H3/b29-18-,34-31?. The van der Waals surface area contributed by atoms with Crippen LogP contribution < -0.4 is 9.64 Å². The van der Waals surface area contributed by atoms with Gasteiger partial charge in [0.15, 0.2) is 5.17 Å². The zero-order valence-corrected chi connectivity index (χ0v) is 23.2. The molecule has 0 spiro atoms. The Morgan fingerprint density at radius 3 is 2.34 bits per heavy atom. The SMILES string of the molecule is Cc1ccc(N=C2S/C(=C\c3ccc(OCc4cccc(F)c4)c(Br)c3)C(=O)N2c2ccc(C)cc2)cc1. The van der Waals surface area contributed by atoms with E-state index in [1.807, 2.05) is 92.7 Å². The third kappa shape index (κ3) is 6.06. The Bertz CT molecular complexity index is 1550. The number of hydrogen-bond acceptors (Lipinski definition) is 4. The van der Waals surface area contributed by atoms with Crippen LogP contribution in [0.25, 0.3) is 6.08 Å². The van der Waals surface area contributed by atoms with Crippen molar-refractivity contribution in [3.63, 3.8) is 0 Å². The van der Waals surface area contributed by atoms with Crippen molar-refractivity contribution in [2.45, 2.75) is 20.5 Å². The third-order valence-corrected chi connectivity index (χ3v) is 7.48. The molecule has 1 aliphatic rings. The first-order valence-electron chi connectivity index (χ1n) is 12.0. The summed E-state index contributed by atoms with van der Waals surface area (Å²) in [5.74, 6) is 0.202. The molecule has 7 heteroatoms. The smallest absolute Gasteiger partial charge is 0.271 e. The van der Waals surface area contributed by atoms with E-state index in [0.717, 1.165) is 38.1 Å². The van der Waals surface area contributed by atoms with Gasteiger partial charge in [0.25, 0.3) is 5.91 Å². The zero-order chi connectivity index (χ0) is 26.6. The van der Waals surface area contributed by atoms with E-state index in [0.29, 0.717) is 15.8 Å². The lowest BCUT2D eigenvalue weighted by molar-refractivity contribution is -0.113. The second kappa shape index (κ2) is 11.4. The molecule has 1 heterocycles. The maximum atomic E-state index is 13.6. The normalized spacial score (nSPS) is 15.5. The van der Waals surface area contributed by atoms with Crippen LogP contribution in [0.3, 0.4) is 0 Å². The van der Waals surface area contributed by atoms with Gasteiger partial charge in [-0.2, -0.15) is 0 Å². The van der Waals surface area contributed by atoms with Gasteiger partial charge in [0.2, 0.25) is 0 Å². The van der Waals surface area contributed by atoms with Crippen LogP contribution in [0.2, 0.25) is 0 Å². The van der Waals surface area contributed by atoms with Crippen molar-refractivity contribution in [3.8, 4) is 5.75 Å². The first-order chi connectivity index (χ1) is 18.4. The van der Waals surface area contributed by atoms with E-state index >= 15 is 0 Å². The van der Waals surface area contributed by atoms with Gasteiger partial charge in [-0.05, 0) is 107 Å². The fraction of sp³-hybridized carbons (Fsp3) is 0.0968. The van der Waals surface area contributed by atoms with E-state index in [4.69, 9.17) is 9.73 Å². The zero-order valence-electron chi connectivity index (χ0n) is 20.8. The summed E-state index contributed by atoms with van der Waals surface area (Å²) in [5.41, 5.74) is 5.40. The van der Waals surface area contributed by atoms with E-state index in [1.54, 1.807) is 11.0 Å². The van der Waals surface area contributed by atoms with Crippen LogP contribution >= 0.6 is 27.7 Å². The summed E-state index contributed by atoms with van der Waals surface area (Å²) in [5, 5.41) is 0.600. The number of aryl methyl sites for hydroxylation is 2. The van der Waals surface area contributed by atoms with Crippen LogP contribution in [-0.2, 0) is 11.4 Å². The predicted octanol–water partition coefficient (Wildman–Crippen LogP) is 8.59. The van der Waals surface area contributed by atoms with Gasteiger partial charge in [-0.15, -0.1) is 0 Å². The van der Waals surface area contributed by atoms with Crippen molar-refractivity contribution in [3.05, 3.63) is 128 Å². The third-order valence-electron chi connectivity index (χ3n) is 5.89. The maximum Gasteiger partial charge on any atom is 0.271 e. The molecule has 0 aliphatic carbocycles. The summed E-state index contributed by atoms with van der Waals surface area (Å²) >= 11 is 4.91. The molecule has 1 aliphatic heterocycles. The molecule has 4 nitrogen and oxygen atoms in total. The Labute approximate surface area is 234 Å². The van der Waals surface area contributed by atoms with E-state index in [2.05, 4.69) is 15.9 Å². The predicted molar refractivity (Wildman–Crippen MR) is 157 cm³/mol. The van der Waals surface area contributed by atoms with E-state index in [-0.39, 0.29) is 18.3 Å². The number of rotatable bonds is 6. The molecular formula is C31H24BrFN2O2S. The number of nitrogens with zero attached hydrogens (tertiary/aromatic N) is 2. The fourth-order valence-electron chi connectivity index (χ4n) is 3.86. The van der Waals surface area contributed by atoms with Gasteiger partial charge in [-0.1, -0.05) is 53.6 Å². The number of amidine groups is 1. The van der Waals surface area contributed by atoms with Crippen molar-refractivity contribution < 1.29 is 13.9 Å². The molecule has 0 aromatic heterocycles. The number of halogens is 2. The highest BCUT2D eigenvalue weighted by atomic mass is 79.9. The number of amides is 1. The first kappa shape index (κ1) is 25.9. The molecule has 1 amide bonds. The van der Waals surface area contributed by atoms with Crippen molar-refractivity contribution in [1.29, 1.82) is 0 Å². The fourth-order valence-corrected chi connectivity index (χ4v) is 5.38. The average molecular weight is 588 g/mol. The Hall–Kier alpha value is -3.68. The lowest BCUT2D eigenvalue weighted by Crippen LogP contribution is -2.28. The Morgan fingerprint density at radius 2 is 1.66 bits per heavy atom. The number of ether oxygens (including phenoxy) is 1. The number of thioether (sulfide) groups is 1. The summed E-state index contributed by atoms with van der Waals surface area (Å²) in [6, 6.07) is 27.7. The van der Waals surface area contributed by atoms with E-state index < -0.39 is 0 Å². The van der Waals surface area contributed by atoms with Gasteiger partial charge in [0.05, 0.1) is 20.8 Å². The second-order valence-electron chi connectivity index (χ2n) is 8.93. The van der Waals surface area contributed by atoms with Gasteiger partial charge in [0.1, 0.15) is 18.2 Å². The summed E-state index contributed by atoms with van der Waals surface area (Å²) < 4.78 is 20.1. The molecule has 190 valence electrons. The summed E-state index contributed by atoms with van der Waals surface area (Å²) in [7, 11) is 0. The summed E-state index contributed by atoms with van der Waals surface area (Å²) in [6.45, 7) is 4.29. The van der Waals surface area contributed by atoms with Crippen molar-refractivity contribution in [1.82, 2.24) is 0 Å². The number of carbonyl (C=O) groups excluding carboxylic acids is 1. The van der Waals surface area contributed by atoms with Crippen LogP contribution in [0.1, 0.15) is 22.3 Å². The molecule has 4 aromatic carbocycles. The molecule has 4 aromatic rings. The molecule has 5 rings (SSSR count). The molecule has 0 atom stereocenters. The van der Waals surface area contributed by atoms with Gasteiger partial charge >= 0.3 is 0 Å². The molecule has 1 fully saturated rings. The number of anilines is 1. The van der Waals surface area contributed by atoms with Gasteiger partial charge in [-0.25, -0.2) is 9.38 Å². The molecule has 0 bridgehead atoms. The van der Waals surface area contributed by atoms with Gasteiger partial charge in [0, 0.05) is 0 Å². The van der Waals surface area contributed by atoms with Crippen LogP contribution in [0, 0.1) is 19.7 Å². The molecule has 38 heavy (non-hydrogen) atoms. The largest absolute Gasteiger partial charge is 0.488 e. The minimum atomic E-state index is -0.296. The minimum Gasteiger partial charge on any atom is -0.488 e. The van der Waals surface area contributed by atoms with Crippen LogP contribution in [0.4, 0.5) is 15.8 Å². The van der Waals surface area contributed by atoms with Crippen LogP contribution in [0.15, 0.2) is 105 Å². The van der Waals surface area contributed by atoms with Crippen LogP contribution in [0.5, 0.6) is 5.75 Å². The quantitative estimate of drug-likeness (QED) is 0.212. The summed E-state index contributed by atoms with van der Waals surface area (Å²) in [4.78, 5) is 20.6. The highest BCUT2D eigenvalue weighted by Gasteiger charge is 2.34. The molecular weight excluding hydrogens is 563 g/mol. The average Bonchev–Trinajstić information content (AvgIpc) is 3.19. The molecule has 0 unspecified atom stereocenters. The number of benzene rings is 4. The maximum absolute atomic E-state index is 13.6. The molecule has 1 saturated heterocycles. The van der Waals surface area contributed by atoms with Crippen LogP contribution in [-0.4, -0.2) is 11.1 Å². The van der Waals surface area contributed by atoms with Crippen molar-refractivity contribution in [2.24, 2.45) is 4.99 Å². The Morgan fingerprint density at radius 1 is 0.947 bits per heavy atom. The second-order valence-corrected chi connectivity index (χ2v) is 10.8. The van der Waals surface area contributed by atoms with Gasteiger partial charge in [-0.3, -0.25) is 9.69 Å². The topological polar surface area (TPSA) is 41.9 Å². The van der Waals surface area contributed by atoms with E-state index in [9.17, 15) is 9.18 Å². The number of hydrogen-bond donors (Lipinski definition) is 0. The molecule has 0 N–H and O–H groups in total. The van der Waals surface area contributed by atoms with Gasteiger partial charge < -0.3 is 4.74 Å².